The van der Waals surface area contributed by atoms with Crippen molar-refractivity contribution in [3.8, 4) is 5.75 Å². The average molecular weight is 255 g/mol. The maximum atomic E-state index is 5.85. The zero-order chi connectivity index (χ0) is 11.7. The lowest BCUT2D eigenvalue weighted by atomic mass is 10.1. The Morgan fingerprint density at radius 2 is 2.12 bits per heavy atom. The van der Waals surface area contributed by atoms with Crippen LogP contribution in [0.25, 0.3) is 10.9 Å². The maximum Gasteiger partial charge on any atom is 0.119 e. The first kappa shape index (κ1) is 13.9. The topological polar surface area (TPSA) is 40.2 Å². The largest absolute Gasteiger partial charge is 0.497 e. The zero-order valence-electron chi connectivity index (χ0n) is 10.4. The van der Waals surface area contributed by atoms with Gasteiger partial charge in [-0.15, -0.1) is 12.4 Å². The van der Waals surface area contributed by atoms with E-state index < -0.39 is 0 Å². The molecule has 1 atom stereocenters. The van der Waals surface area contributed by atoms with Crippen LogP contribution in [0.2, 0.25) is 0 Å². The van der Waals surface area contributed by atoms with Gasteiger partial charge in [0, 0.05) is 30.2 Å². The number of halogens is 1. The van der Waals surface area contributed by atoms with Crippen molar-refractivity contribution >= 4 is 23.3 Å². The van der Waals surface area contributed by atoms with Crippen molar-refractivity contribution < 1.29 is 4.74 Å². The Morgan fingerprint density at radius 1 is 1.41 bits per heavy atom. The molecular weight excluding hydrogens is 236 g/mol. The highest BCUT2D eigenvalue weighted by molar-refractivity contribution is 5.85. The minimum absolute atomic E-state index is 0. The van der Waals surface area contributed by atoms with Crippen LogP contribution in [0.3, 0.4) is 0 Å². The van der Waals surface area contributed by atoms with Crippen LogP contribution in [0.1, 0.15) is 12.5 Å². The smallest absolute Gasteiger partial charge is 0.119 e. The number of hydrogen-bond acceptors (Lipinski definition) is 2. The van der Waals surface area contributed by atoms with Crippen molar-refractivity contribution in [3.63, 3.8) is 0 Å². The van der Waals surface area contributed by atoms with Crippen LogP contribution in [-0.4, -0.2) is 17.7 Å². The van der Waals surface area contributed by atoms with E-state index in [0.717, 1.165) is 12.2 Å². The Hall–Kier alpha value is -1.19. The van der Waals surface area contributed by atoms with Crippen molar-refractivity contribution in [2.24, 2.45) is 12.8 Å². The molecule has 17 heavy (non-hydrogen) atoms. The molecule has 0 saturated carbocycles. The molecule has 1 unspecified atom stereocenters. The number of hydrogen-bond donors (Lipinski definition) is 1. The number of methoxy groups -OCH3 is 1. The second-order valence-electron chi connectivity index (χ2n) is 4.33. The lowest BCUT2D eigenvalue weighted by molar-refractivity contribution is 0.415. The number of aryl methyl sites for hydroxylation is 1. The highest BCUT2D eigenvalue weighted by atomic mass is 35.5. The summed E-state index contributed by atoms with van der Waals surface area (Å²) in [4.78, 5) is 0. The third-order valence-corrected chi connectivity index (χ3v) is 2.82. The predicted molar refractivity (Wildman–Crippen MR) is 74.1 cm³/mol. The van der Waals surface area contributed by atoms with Gasteiger partial charge in [0.05, 0.1) is 7.11 Å². The van der Waals surface area contributed by atoms with Crippen molar-refractivity contribution in [2.75, 3.05) is 7.11 Å². The molecule has 94 valence electrons. The molecule has 2 N–H and O–H groups in total. The van der Waals surface area contributed by atoms with Crippen LogP contribution in [-0.2, 0) is 13.5 Å². The Kier molecular flexibility index (Phi) is 4.43. The zero-order valence-corrected chi connectivity index (χ0v) is 11.3. The molecule has 0 aliphatic heterocycles. The minimum atomic E-state index is 0. The van der Waals surface area contributed by atoms with Crippen molar-refractivity contribution in [2.45, 2.75) is 19.4 Å². The van der Waals surface area contributed by atoms with Crippen LogP contribution in [0, 0.1) is 0 Å². The molecule has 0 aliphatic rings. The molecule has 0 bridgehead atoms. The summed E-state index contributed by atoms with van der Waals surface area (Å²) in [5.74, 6) is 0.893. The molecule has 0 fully saturated rings. The van der Waals surface area contributed by atoms with E-state index in [1.807, 2.05) is 13.0 Å². The molecule has 0 amide bonds. The van der Waals surface area contributed by atoms with E-state index in [1.165, 1.54) is 16.5 Å². The highest BCUT2D eigenvalue weighted by Gasteiger charge is 2.09. The van der Waals surface area contributed by atoms with Gasteiger partial charge in [0.2, 0.25) is 0 Å². The number of aromatic nitrogens is 1. The van der Waals surface area contributed by atoms with Gasteiger partial charge in [-0.1, -0.05) is 0 Å². The minimum Gasteiger partial charge on any atom is -0.497 e. The second kappa shape index (κ2) is 5.43. The number of ether oxygens (including phenoxy) is 1. The van der Waals surface area contributed by atoms with Gasteiger partial charge in [0.1, 0.15) is 5.75 Å². The molecule has 3 nitrogen and oxygen atoms in total. The molecule has 2 rings (SSSR count). The third-order valence-electron chi connectivity index (χ3n) is 2.82. The fraction of sp³-hybridized carbons (Fsp3) is 0.385. The molecule has 0 saturated heterocycles. The van der Waals surface area contributed by atoms with Crippen molar-refractivity contribution in [3.05, 3.63) is 30.0 Å². The summed E-state index contributed by atoms with van der Waals surface area (Å²) in [6.07, 6.45) is 3.04. The highest BCUT2D eigenvalue weighted by Crippen LogP contribution is 2.26. The van der Waals surface area contributed by atoms with E-state index in [2.05, 4.69) is 29.9 Å². The fourth-order valence-electron chi connectivity index (χ4n) is 2.09. The quantitative estimate of drug-likeness (QED) is 0.914. The van der Waals surface area contributed by atoms with E-state index in [1.54, 1.807) is 7.11 Å². The summed E-state index contributed by atoms with van der Waals surface area (Å²) >= 11 is 0. The van der Waals surface area contributed by atoms with Gasteiger partial charge in [-0.3, -0.25) is 0 Å². The summed E-state index contributed by atoms with van der Waals surface area (Å²) in [5.41, 5.74) is 8.36. The van der Waals surface area contributed by atoms with Gasteiger partial charge in [-0.05, 0) is 37.1 Å². The fourth-order valence-corrected chi connectivity index (χ4v) is 2.09. The molecule has 0 spiro atoms. The van der Waals surface area contributed by atoms with E-state index in [9.17, 15) is 0 Å². The summed E-state index contributed by atoms with van der Waals surface area (Å²) < 4.78 is 7.38. The van der Waals surface area contributed by atoms with Crippen molar-refractivity contribution in [1.82, 2.24) is 4.57 Å². The molecule has 1 heterocycles. The molecule has 0 aliphatic carbocycles. The van der Waals surface area contributed by atoms with Gasteiger partial charge in [-0.25, -0.2) is 0 Å². The Bertz CT molecular complexity index is 505. The maximum absolute atomic E-state index is 5.85. The molecule has 4 heteroatoms. The van der Waals surface area contributed by atoms with E-state index in [-0.39, 0.29) is 18.4 Å². The van der Waals surface area contributed by atoms with Crippen LogP contribution in [0.5, 0.6) is 5.75 Å². The number of nitrogens with zero attached hydrogens (tertiary/aromatic N) is 1. The monoisotopic (exact) mass is 254 g/mol. The lowest BCUT2D eigenvalue weighted by Gasteiger charge is -2.04. The van der Waals surface area contributed by atoms with Crippen LogP contribution in [0.4, 0.5) is 0 Å². The van der Waals surface area contributed by atoms with Gasteiger partial charge >= 0.3 is 0 Å². The SMILES string of the molecule is COc1ccc2c(c1)c(CC(C)N)cn2C.Cl. The average Bonchev–Trinajstić information content (AvgIpc) is 2.54. The normalized spacial score (nSPS) is 12.2. The predicted octanol–water partition coefficient (Wildman–Crippen LogP) is 2.50. The summed E-state index contributed by atoms with van der Waals surface area (Å²) in [7, 11) is 3.74. The van der Waals surface area contributed by atoms with Crippen molar-refractivity contribution in [1.29, 1.82) is 0 Å². The molecule has 1 aromatic heterocycles. The molecule has 0 radical (unpaired) electrons. The van der Waals surface area contributed by atoms with Gasteiger partial charge in [-0.2, -0.15) is 0 Å². The number of nitrogens with two attached hydrogens (primary N) is 1. The summed E-state index contributed by atoms with van der Waals surface area (Å²) in [6, 6.07) is 6.32. The third kappa shape index (κ3) is 2.73. The van der Waals surface area contributed by atoms with Crippen LogP contribution >= 0.6 is 12.4 Å². The van der Waals surface area contributed by atoms with Crippen LogP contribution in [0.15, 0.2) is 24.4 Å². The second-order valence-corrected chi connectivity index (χ2v) is 4.33. The standard InChI is InChI=1S/C13H18N2O.ClH/c1-9(14)6-10-8-15(2)13-5-4-11(16-3)7-12(10)13;/h4-5,7-9H,6,14H2,1-3H3;1H. The lowest BCUT2D eigenvalue weighted by Crippen LogP contribution is -2.17. The number of benzene rings is 1. The Morgan fingerprint density at radius 3 is 2.71 bits per heavy atom. The summed E-state index contributed by atoms with van der Waals surface area (Å²) in [5, 5.41) is 1.24. The van der Waals surface area contributed by atoms with Gasteiger partial charge < -0.3 is 15.0 Å². The molecule has 1 aromatic carbocycles. The van der Waals surface area contributed by atoms with Gasteiger partial charge in [0.15, 0.2) is 0 Å². The van der Waals surface area contributed by atoms with E-state index in [4.69, 9.17) is 10.5 Å². The number of rotatable bonds is 3. The first-order valence-corrected chi connectivity index (χ1v) is 5.49. The molecular formula is C13H19ClN2O. The van der Waals surface area contributed by atoms with E-state index in [0.29, 0.717) is 0 Å². The summed E-state index contributed by atoms with van der Waals surface area (Å²) in [6.45, 7) is 2.03. The Labute approximate surface area is 108 Å². The van der Waals surface area contributed by atoms with E-state index >= 15 is 0 Å². The Balaban J connectivity index is 0.00000144. The number of fused-ring (bicyclic) bond motifs is 1. The first-order chi connectivity index (χ1) is 7.61. The van der Waals surface area contributed by atoms with Crippen LogP contribution < -0.4 is 10.5 Å². The van der Waals surface area contributed by atoms with Gasteiger partial charge in [0.25, 0.3) is 0 Å². The first-order valence-electron chi connectivity index (χ1n) is 5.49. The molecule has 2 aromatic rings.